The van der Waals surface area contributed by atoms with Crippen molar-refractivity contribution < 1.29 is 22.3 Å². The van der Waals surface area contributed by atoms with Crippen LogP contribution in [0.3, 0.4) is 0 Å². The zero-order valence-corrected chi connectivity index (χ0v) is 19.4. The molecule has 0 aromatic heterocycles. The van der Waals surface area contributed by atoms with Gasteiger partial charge in [0, 0.05) is 17.8 Å². The first-order valence-electron chi connectivity index (χ1n) is 9.56. The largest absolute Gasteiger partial charge is 0.490 e. The number of rotatable bonds is 9. The van der Waals surface area contributed by atoms with Crippen molar-refractivity contribution in [1.82, 2.24) is 0 Å². The number of nitrogens with one attached hydrogen (secondary N) is 1. The Morgan fingerprint density at radius 1 is 1.00 bits per heavy atom. The molecule has 0 heterocycles. The molecule has 0 fully saturated rings. The molecule has 3 rings (SSSR count). The molecule has 0 radical (unpaired) electrons. The van der Waals surface area contributed by atoms with E-state index < -0.39 is 15.8 Å². The van der Waals surface area contributed by atoms with E-state index in [0.29, 0.717) is 40.9 Å². The minimum atomic E-state index is -3.74. The third kappa shape index (κ3) is 6.26. The Morgan fingerprint density at radius 2 is 1.72 bits per heavy atom. The topological polar surface area (TPSA) is 90.6 Å². The molecule has 6 nitrogen and oxygen atoms in total. The summed E-state index contributed by atoms with van der Waals surface area (Å²) in [5, 5.41) is 8.90. The molecule has 10 heteroatoms. The Bertz CT molecular complexity index is 1210. The molecule has 3 aromatic carbocycles. The second-order valence-electron chi connectivity index (χ2n) is 6.79. The fourth-order valence-electron chi connectivity index (χ4n) is 2.88. The average molecular weight is 499 g/mol. The molecule has 0 aliphatic heterocycles. The second kappa shape index (κ2) is 10.4. The van der Waals surface area contributed by atoms with Crippen molar-refractivity contribution in [2.75, 3.05) is 11.9 Å². The summed E-state index contributed by atoms with van der Waals surface area (Å²) in [4.78, 5) is 0.0347. The maximum atomic E-state index is 13.2. The molecule has 0 aliphatic carbocycles. The van der Waals surface area contributed by atoms with Gasteiger partial charge in [0.25, 0.3) is 0 Å². The van der Waals surface area contributed by atoms with Crippen LogP contribution >= 0.6 is 23.2 Å². The van der Waals surface area contributed by atoms with Gasteiger partial charge in [-0.2, -0.15) is 0 Å². The molecular weight excluding hydrogens is 478 g/mol. The molecule has 170 valence electrons. The molecule has 32 heavy (non-hydrogen) atoms. The van der Waals surface area contributed by atoms with Crippen LogP contribution in [-0.4, -0.2) is 15.0 Å². The summed E-state index contributed by atoms with van der Waals surface area (Å²) in [6, 6.07) is 13.7. The maximum Gasteiger partial charge on any atom is 0.238 e. The smallest absolute Gasteiger partial charge is 0.238 e. The van der Waals surface area contributed by atoms with Gasteiger partial charge in [0.2, 0.25) is 10.0 Å². The first-order valence-corrected chi connectivity index (χ1v) is 11.9. The lowest BCUT2D eigenvalue weighted by molar-refractivity contribution is 0.269. The number of halogens is 3. The maximum absolute atomic E-state index is 13.2. The molecule has 3 N–H and O–H groups in total. The second-order valence-corrected chi connectivity index (χ2v) is 9.16. The first kappa shape index (κ1) is 24.1. The summed E-state index contributed by atoms with van der Waals surface area (Å²) < 4.78 is 47.5. The van der Waals surface area contributed by atoms with Crippen molar-refractivity contribution in [3.63, 3.8) is 0 Å². The van der Waals surface area contributed by atoms with Gasteiger partial charge in [-0.25, -0.2) is 17.9 Å². The average Bonchev–Trinajstić information content (AvgIpc) is 2.73. The standard InChI is InChI=1S/C22H21Cl2FN2O4S/c1-2-30-21-10-14(12-27-17-5-7-18(8-6-17)32(26,28)29)9-20(24)22(21)31-13-15-3-4-16(25)11-19(15)23/h3-11,27H,2,12-13H2,1H3,(H2,26,28,29). The van der Waals surface area contributed by atoms with Crippen LogP contribution in [0.5, 0.6) is 11.5 Å². The van der Waals surface area contributed by atoms with E-state index in [1.165, 1.54) is 24.3 Å². The minimum Gasteiger partial charge on any atom is -0.490 e. The third-order valence-electron chi connectivity index (χ3n) is 4.44. The summed E-state index contributed by atoms with van der Waals surface area (Å²) in [6.45, 7) is 2.73. The zero-order valence-electron chi connectivity index (χ0n) is 17.1. The number of hydrogen-bond donors (Lipinski definition) is 2. The monoisotopic (exact) mass is 498 g/mol. The van der Waals surface area contributed by atoms with E-state index in [1.54, 1.807) is 30.3 Å². The van der Waals surface area contributed by atoms with Crippen molar-refractivity contribution in [1.29, 1.82) is 0 Å². The Labute approximate surface area is 196 Å². The van der Waals surface area contributed by atoms with Gasteiger partial charge in [0.1, 0.15) is 12.4 Å². The summed E-state index contributed by atoms with van der Waals surface area (Å²) in [5.74, 6) is 0.387. The van der Waals surface area contributed by atoms with Gasteiger partial charge in [0.15, 0.2) is 11.5 Å². The molecule has 0 unspecified atom stereocenters. The fourth-order valence-corrected chi connectivity index (χ4v) is 3.91. The van der Waals surface area contributed by atoms with Gasteiger partial charge >= 0.3 is 0 Å². The van der Waals surface area contributed by atoms with Gasteiger partial charge in [-0.1, -0.05) is 29.3 Å². The Hall–Kier alpha value is -2.52. The number of primary sulfonamides is 1. The Morgan fingerprint density at radius 3 is 2.34 bits per heavy atom. The highest BCUT2D eigenvalue weighted by Crippen LogP contribution is 2.38. The van der Waals surface area contributed by atoms with Crippen LogP contribution < -0.4 is 19.9 Å². The van der Waals surface area contributed by atoms with Crippen molar-refractivity contribution in [2.24, 2.45) is 5.14 Å². The Balaban J connectivity index is 1.74. The highest BCUT2D eigenvalue weighted by atomic mass is 35.5. The van der Waals surface area contributed by atoms with Crippen LogP contribution in [0.15, 0.2) is 59.5 Å². The lowest BCUT2D eigenvalue weighted by atomic mass is 10.2. The van der Waals surface area contributed by atoms with Crippen LogP contribution in [0.2, 0.25) is 10.0 Å². The van der Waals surface area contributed by atoms with Crippen LogP contribution in [0, 0.1) is 5.82 Å². The fraction of sp³-hybridized carbons (Fsp3) is 0.182. The summed E-state index contributed by atoms with van der Waals surface area (Å²) in [7, 11) is -3.74. The van der Waals surface area contributed by atoms with E-state index in [1.807, 2.05) is 6.92 Å². The highest BCUT2D eigenvalue weighted by molar-refractivity contribution is 7.89. The van der Waals surface area contributed by atoms with Crippen molar-refractivity contribution >= 4 is 38.9 Å². The quantitative estimate of drug-likeness (QED) is 0.413. The van der Waals surface area contributed by atoms with Crippen LogP contribution in [-0.2, 0) is 23.2 Å². The zero-order chi connectivity index (χ0) is 23.3. The SMILES string of the molecule is CCOc1cc(CNc2ccc(S(N)(=O)=O)cc2)cc(Cl)c1OCc1ccc(F)cc1Cl. The van der Waals surface area contributed by atoms with Gasteiger partial charge in [-0.3, -0.25) is 0 Å². The van der Waals surface area contributed by atoms with Gasteiger partial charge < -0.3 is 14.8 Å². The van der Waals surface area contributed by atoms with Gasteiger partial charge in [-0.15, -0.1) is 0 Å². The molecule has 0 atom stereocenters. The van der Waals surface area contributed by atoms with Crippen LogP contribution in [0.4, 0.5) is 10.1 Å². The predicted molar refractivity (Wildman–Crippen MR) is 124 cm³/mol. The summed E-state index contributed by atoms with van der Waals surface area (Å²) in [6.07, 6.45) is 0. The lowest BCUT2D eigenvalue weighted by Gasteiger charge is -2.16. The van der Waals surface area contributed by atoms with E-state index >= 15 is 0 Å². The number of benzene rings is 3. The molecule has 0 amide bonds. The van der Waals surface area contributed by atoms with E-state index in [9.17, 15) is 12.8 Å². The van der Waals surface area contributed by atoms with Gasteiger partial charge in [-0.05, 0) is 61.0 Å². The van der Waals surface area contributed by atoms with Crippen LogP contribution in [0.1, 0.15) is 18.1 Å². The number of anilines is 1. The van der Waals surface area contributed by atoms with E-state index in [4.69, 9.17) is 37.8 Å². The molecule has 0 saturated carbocycles. The normalized spacial score (nSPS) is 11.3. The molecule has 0 spiro atoms. The first-order chi connectivity index (χ1) is 15.2. The molecular formula is C22H21Cl2FN2O4S. The van der Waals surface area contributed by atoms with Crippen molar-refractivity contribution in [3.05, 3.63) is 81.6 Å². The van der Waals surface area contributed by atoms with Crippen molar-refractivity contribution in [3.8, 4) is 11.5 Å². The third-order valence-corrected chi connectivity index (χ3v) is 6.00. The predicted octanol–water partition coefficient (Wildman–Crippen LogP) is 5.37. The molecule has 0 bridgehead atoms. The molecule has 0 saturated heterocycles. The molecule has 0 aliphatic rings. The van der Waals surface area contributed by atoms with Crippen LogP contribution in [0.25, 0.3) is 0 Å². The minimum absolute atomic E-state index is 0.0347. The number of nitrogens with two attached hydrogens (primary N) is 1. The van der Waals surface area contributed by atoms with E-state index in [-0.39, 0.29) is 16.5 Å². The number of ether oxygens (including phenoxy) is 2. The number of hydrogen-bond acceptors (Lipinski definition) is 5. The Kier molecular flexibility index (Phi) is 7.84. The van der Waals surface area contributed by atoms with E-state index in [0.717, 1.165) is 5.56 Å². The summed E-state index contributed by atoms with van der Waals surface area (Å²) in [5.41, 5.74) is 2.14. The van der Waals surface area contributed by atoms with Gasteiger partial charge in [0.05, 0.1) is 21.5 Å². The van der Waals surface area contributed by atoms with Crippen molar-refractivity contribution in [2.45, 2.75) is 25.0 Å². The molecule has 3 aromatic rings. The summed E-state index contributed by atoms with van der Waals surface area (Å²) >= 11 is 12.5. The highest BCUT2D eigenvalue weighted by Gasteiger charge is 2.14. The number of sulfonamides is 1. The lowest BCUT2D eigenvalue weighted by Crippen LogP contribution is -2.12. The van der Waals surface area contributed by atoms with E-state index in [2.05, 4.69) is 5.32 Å².